The quantitative estimate of drug-likeness (QED) is 0.707. The van der Waals surface area contributed by atoms with Crippen molar-refractivity contribution in [1.82, 2.24) is 9.97 Å². The van der Waals surface area contributed by atoms with Gasteiger partial charge in [0.15, 0.2) is 0 Å². The van der Waals surface area contributed by atoms with Crippen LogP contribution in [-0.4, -0.2) is 16.6 Å². The second-order valence-electron chi connectivity index (χ2n) is 3.99. The lowest BCUT2D eigenvalue weighted by Gasteiger charge is -2.14. The lowest BCUT2D eigenvalue weighted by atomic mass is 9.95. The molecule has 0 amide bonds. The van der Waals surface area contributed by atoms with Gasteiger partial charge < -0.3 is 4.74 Å². The van der Waals surface area contributed by atoms with E-state index >= 15 is 0 Å². The molecule has 16 heavy (non-hydrogen) atoms. The van der Waals surface area contributed by atoms with E-state index in [1.54, 1.807) is 6.20 Å². The highest BCUT2D eigenvalue weighted by Gasteiger charge is 2.11. The van der Waals surface area contributed by atoms with Crippen LogP contribution in [0.25, 0.3) is 0 Å². The molecular formula is C13H22N2O. The zero-order valence-corrected chi connectivity index (χ0v) is 10.6. The molecular weight excluding hydrogens is 200 g/mol. The van der Waals surface area contributed by atoms with Crippen molar-refractivity contribution in [1.29, 1.82) is 0 Å². The van der Waals surface area contributed by atoms with E-state index in [0.29, 0.717) is 18.4 Å². The van der Waals surface area contributed by atoms with Crippen molar-refractivity contribution in [3.63, 3.8) is 0 Å². The predicted octanol–water partition coefficient (Wildman–Crippen LogP) is 3.56. The van der Waals surface area contributed by atoms with Crippen molar-refractivity contribution in [2.24, 2.45) is 0 Å². The first-order valence-electron chi connectivity index (χ1n) is 6.26. The van der Waals surface area contributed by atoms with E-state index in [0.717, 1.165) is 5.69 Å². The third-order valence-corrected chi connectivity index (χ3v) is 2.63. The van der Waals surface area contributed by atoms with Crippen molar-refractivity contribution in [3.8, 4) is 5.88 Å². The van der Waals surface area contributed by atoms with Crippen LogP contribution in [0, 0.1) is 0 Å². The molecule has 0 bridgehead atoms. The Balaban J connectivity index is 2.68. The fourth-order valence-corrected chi connectivity index (χ4v) is 1.90. The van der Waals surface area contributed by atoms with E-state index in [-0.39, 0.29) is 0 Å². The van der Waals surface area contributed by atoms with Crippen LogP contribution in [0.2, 0.25) is 0 Å². The standard InChI is InChI=1S/C13H22N2O/c1-4-7-11(8-5-2)12-9-15-13(10-14-12)16-6-3/h9-11H,4-8H2,1-3H3. The summed E-state index contributed by atoms with van der Waals surface area (Å²) >= 11 is 0. The van der Waals surface area contributed by atoms with Gasteiger partial charge in [-0.3, -0.25) is 4.98 Å². The van der Waals surface area contributed by atoms with Gasteiger partial charge in [-0.1, -0.05) is 26.7 Å². The molecule has 0 N–H and O–H groups in total. The number of hydrogen-bond acceptors (Lipinski definition) is 3. The normalized spacial score (nSPS) is 10.8. The van der Waals surface area contributed by atoms with Gasteiger partial charge in [-0.2, -0.15) is 0 Å². The highest BCUT2D eigenvalue weighted by Crippen LogP contribution is 2.24. The SMILES string of the molecule is CCCC(CCC)c1cnc(OCC)cn1. The van der Waals surface area contributed by atoms with E-state index < -0.39 is 0 Å². The summed E-state index contributed by atoms with van der Waals surface area (Å²) in [5.74, 6) is 1.18. The van der Waals surface area contributed by atoms with Crippen molar-refractivity contribution in [2.45, 2.75) is 52.4 Å². The second kappa shape index (κ2) is 7.20. The summed E-state index contributed by atoms with van der Waals surface area (Å²) in [4.78, 5) is 8.72. The molecule has 0 unspecified atom stereocenters. The van der Waals surface area contributed by atoms with E-state index in [1.807, 2.05) is 13.1 Å². The van der Waals surface area contributed by atoms with Crippen LogP contribution in [0.4, 0.5) is 0 Å². The topological polar surface area (TPSA) is 35.0 Å². The molecule has 0 aliphatic rings. The van der Waals surface area contributed by atoms with Crippen molar-refractivity contribution >= 4 is 0 Å². The first-order chi connectivity index (χ1) is 7.81. The molecule has 3 heteroatoms. The molecule has 0 radical (unpaired) electrons. The summed E-state index contributed by atoms with van der Waals surface area (Å²) in [7, 11) is 0. The van der Waals surface area contributed by atoms with E-state index in [9.17, 15) is 0 Å². The van der Waals surface area contributed by atoms with Gasteiger partial charge in [-0.15, -0.1) is 0 Å². The van der Waals surface area contributed by atoms with Gasteiger partial charge in [0, 0.05) is 5.92 Å². The zero-order chi connectivity index (χ0) is 11.8. The van der Waals surface area contributed by atoms with Crippen LogP contribution in [0.3, 0.4) is 0 Å². The molecule has 0 fully saturated rings. The molecule has 0 spiro atoms. The summed E-state index contributed by atoms with van der Waals surface area (Å²) < 4.78 is 5.29. The summed E-state index contributed by atoms with van der Waals surface area (Å²) in [6, 6.07) is 0. The van der Waals surface area contributed by atoms with Crippen molar-refractivity contribution in [3.05, 3.63) is 18.1 Å². The molecule has 1 aromatic heterocycles. The Kier molecular flexibility index (Phi) is 5.83. The number of ether oxygens (including phenoxy) is 1. The Bertz CT molecular complexity index is 278. The van der Waals surface area contributed by atoms with Crippen LogP contribution >= 0.6 is 0 Å². The van der Waals surface area contributed by atoms with Crippen LogP contribution < -0.4 is 4.74 Å². The fourth-order valence-electron chi connectivity index (χ4n) is 1.90. The first-order valence-corrected chi connectivity index (χ1v) is 6.26. The molecule has 1 heterocycles. The maximum Gasteiger partial charge on any atom is 0.232 e. The Morgan fingerprint density at radius 3 is 2.19 bits per heavy atom. The summed E-state index contributed by atoms with van der Waals surface area (Å²) in [6.07, 6.45) is 8.37. The molecule has 3 nitrogen and oxygen atoms in total. The van der Waals surface area contributed by atoms with Crippen LogP contribution in [0.5, 0.6) is 5.88 Å². The number of hydrogen-bond donors (Lipinski definition) is 0. The Hall–Kier alpha value is -1.12. The van der Waals surface area contributed by atoms with Gasteiger partial charge in [0.25, 0.3) is 0 Å². The number of rotatable bonds is 7. The van der Waals surface area contributed by atoms with Gasteiger partial charge >= 0.3 is 0 Å². The average Bonchev–Trinajstić information content (AvgIpc) is 2.30. The highest BCUT2D eigenvalue weighted by atomic mass is 16.5. The lowest BCUT2D eigenvalue weighted by molar-refractivity contribution is 0.324. The third kappa shape index (κ3) is 3.80. The van der Waals surface area contributed by atoms with Gasteiger partial charge in [0.1, 0.15) is 0 Å². The van der Waals surface area contributed by atoms with Crippen LogP contribution in [0.1, 0.15) is 58.1 Å². The van der Waals surface area contributed by atoms with Crippen molar-refractivity contribution in [2.75, 3.05) is 6.61 Å². The Labute approximate surface area is 98.3 Å². The zero-order valence-electron chi connectivity index (χ0n) is 10.6. The predicted molar refractivity (Wildman–Crippen MR) is 65.8 cm³/mol. The molecule has 0 saturated carbocycles. The van der Waals surface area contributed by atoms with E-state index in [4.69, 9.17) is 4.74 Å². The molecule has 0 aliphatic heterocycles. The van der Waals surface area contributed by atoms with Gasteiger partial charge in [0.05, 0.1) is 24.7 Å². The minimum atomic E-state index is 0.554. The molecule has 0 saturated heterocycles. The Morgan fingerprint density at radius 2 is 1.75 bits per heavy atom. The maximum atomic E-state index is 5.29. The van der Waals surface area contributed by atoms with Gasteiger partial charge in [-0.05, 0) is 19.8 Å². The Morgan fingerprint density at radius 1 is 1.06 bits per heavy atom. The minimum Gasteiger partial charge on any atom is -0.477 e. The summed E-state index contributed by atoms with van der Waals surface area (Å²) in [6.45, 7) is 7.02. The fraction of sp³-hybridized carbons (Fsp3) is 0.692. The molecule has 0 atom stereocenters. The van der Waals surface area contributed by atoms with Gasteiger partial charge in [0.2, 0.25) is 5.88 Å². The summed E-state index contributed by atoms with van der Waals surface area (Å²) in [5.41, 5.74) is 1.10. The van der Waals surface area contributed by atoms with Gasteiger partial charge in [-0.25, -0.2) is 4.98 Å². The molecule has 90 valence electrons. The smallest absolute Gasteiger partial charge is 0.232 e. The summed E-state index contributed by atoms with van der Waals surface area (Å²) in [5, 5.41) is 0. The van der Waals surface area contributed by atoms with E-state index in [2.05, 4.69) is 23.8 Å². The molecule has 1 aromatic rings. The average molecular weight is 222 g/mol. The van der Waals surface area contributed by atoms with Crippen LogP contribution in [-0.2, 0) is 0 Å². The lowest BCUT2D eigenvalue weighted by Crippen LogP contribution is -2.03. The maximum absolute atomic E-state index is 5.29. The molecule has 0 aromatic carbocycles. The molecule has 0 aliphatic carbocycles. The number of nitrogens with zero attached hydrogens (tertiary/aromatic N) is 2. The van der Waals surface area contributed by atoms with Crippen molar-refractivity contribution < 1.29 is 4.74 Å². The monoisotopic (exact) mass is 222 g/mol. The van der Waals surface area contributed by atoms with E-state index in [1.165, 1.54) is 25.7 Å². The largest absolute Gasteiger partial charge is 0.477 e. The second-order valence-corrected chi connectivity index (χ2v) is 3.99. The molecule has 1 rings (SSSR count). The van der Waals surface area contributed by atoms with Crippen LogP contribution in [0.15, 0.2) is 12.4 Å². The third-order valence-electron chi connectivity index (χ3n) is 2.63. The minimum absolute atomic E-state index is 0.554. The highest BCUT2D eigenvalue weighted by molar-refractivity contribution is 5.10. The first kappa shape index (κ1) is 12.9. The number of aromatic nitrogens is 2.